The summed E-state index contributed by atoms with van der Waals surface area (Å²) >= 11 is 0. The lowest BCUT2D eigenvalue weighted by molar-refractivity contribution is 0.311. The molecule has 0 atom stereocenters. The van der Waals surface area contributed by atoms with E-state index in [1.54, 1.807) is 0 Å². The van der Waals surface area contributed by atoms with E-state index in [9.17, 15) is 0 Å². The van der Waals surface area contributed by atoms with Crippen molar-refractivity contribution in [1.29, 1.82) is 0 Å². The van der Waals surface area contributed by atoms with Crippen molar-refractivity contribution in [1.82, 2.24) is 4.98 Å². The molecule has 0 aliphatic carbocycles. The highest BCUT2D eigenvalue weighted by Crippen LogP contribution is 2.09. The van der Waals surface area contributed by atoms with Crippen LogP contribution in [0.25, 0.3) is 0 Å². The lowest BCUT2D eigenvalue weighted by Crippen LogP contribution is -1.99. The molecule has 1 aromatic carbocycles. The second-order valence-electron chi connectivity index (χ2n) is 3.62. The molecular formula is C14H15NO. The number of hydrogen-bond acceptors (Lipinski definition) is 2. The summed E-state index contributed by atoms with van der Waals surface area (Å²) in [7, 11) is 0. The monoisotopic (exact) mass is 213 g/mol. The number of benzene rings is 1. The van der Waals surface area contributed by atoms with E-state index in [2.05, 4.69) is 4.98 Å². The molecule has 0 radical (unpaired) electrons. The minimum absolute atomic E-state index is 0.756. The molecule has 0 spiro atoms. The normalized spacial score (nSPS) is 10.0. The summed E-state index contributed by atoms with van der Waals surface area (Å²) in [4.78, 5) is 3.99. The van der Waals surface area contributed by atoms with Crippen LogP contribution in [0, 0.1) is 0 Å². The Labute approximate surface area is 95.9 Å². The maximum absolute atomic E-state index is 5.61. The first-order chi connectivity index (χ1) is 7.95. The van der Waals surface area contributed by atoms with Crippen molar-refractivity contribution in [2.24, 2.45) is 0 Å². The molecule has 0 aliphatic rings. The molecule has 1 heterocycles. The molecule has 16 heavy (non-hydrogen) atoms. The Balaban J connectivity index is 1.70. The minimum Gasteiger partial charge on any atom is -0.494 e. The topological polar surface area (TPSA) is 22.1 Å². The van der Waals surface area contributed by atoms with Gasteiger partial charge < -0.3 is 4.74 Å². The molecule has 0 saturated heterocycles. The van der Waals surface area contributed by atoms with Gasteiger partial charge in [0.05, 0.1) is 6.61 Å². The van der Waals surface area contributed by atoms with Gasteiger partial charge in [-0.1, -0.05) is 18.2 Å². The number of para-hydroxylation sites is 1. The molecule has 82 valence electrons. The number of hydrogen-bond donors (Lipinski definition) is 0. The lowest BCUT2D eigenvalue weighted by Gasteiger charge is -2.05. The third-order valence-corrected chi connectivity index (χ3v) is 2.37. The first-order valence-electron chi connectivity index (χ1n) is 5.52. The SMILES string of the molecule is c1ccc(OCCCc2ccncc2)cc1. The zero-order valence-electron chi connectivity index (χ0n) is 9.17. The van der Waals surface area contributed by atoms with Gasteiger partial charge in [0.25, 0.3) is 0 Å². The summed E-state index contributed by atoms with van der Waals surface area (Å²) in [6.07, 6.45) is 5.72. The van der Waals surface area contributed by atoms with Crippen LogP contribution in [0.1, 0.15) is 12.0 Å². The van der Waals surface area contributed by atoms with Gasteiger partial charge in [0.2, 0.25) is 0 Å². The molecule has 0 bridgehead atoms. The Morgan fingerprint density at radius 2 is 1.69 bits per heavy atom. The lowest BCUT2D eigenvalue weighted by atomic mass is 10.1. The highest BCUT2D eigenvalue weighted by atomic mass is 16.5. The summed E-state index contributed by atoms with van der Waals surface area (Å²) in [5.41, 5.74) is 1.31. The van der Waals surface area contributed by atoms with Gasteiger partial charge in [-0.25, -0.2) is 0 Å². The van der Waals surface area contributed by atoms with Crippen LogP contribution in [0.5, 0.6) is 5.75 Å². The van der Waals surface area contributed by atoms with E-state index in [-0.39, 0.29) is 0 Å². The van der Waals surface area contributed by atoms with Crippen LogP contribution in [0.3, 0.4) is 0 Å². The largest absolute Gasteiger partial charge is 0.494 e. The molecule has 0 aliphatic heterocycles. The van der Waals surface area contributed by atoms with Crippen molar-refractivity contribution in [2.75, 3.05) is 6.61 Å². The zero-order chi connectivity index (χ0) is 11.1. The predicted molar refractivity (Wildman–Crippen MR) is 64.5 cm³/mol. The number of aromatic nitrogens is 1. The van der Waals surface area contributed by atoms with Gasteiger partial charge in [-0.3, -0.25) is 4.98 Å². The van der Waals surface area contributed by atoms with Crippen molar-refractivity contribution < 1.29 is 4.74 Å². The molecule has 2 nitrogen and oxygen atoms in total. The quantitative estimate of drug-likeness (QED) is 0.712. The standard InChI is InChI=1S/C14H15NO/c1-2-6-14(7-3-1)16-12-4-5-13-8-10-15-11-9-13/h1-3,6-11H,4-5,12H2. The van der Waals surface area contributed by atoms with Crippen LogP contribution < -0.4 is 4.74 Å². The van der Waals surface area contributed by atoms with E-state index in [0.29, 0.717) is 0 Å². The fourth-order valence-corrected chi connectivity index (χ4v) is 1.53. The average molecular weight is 213 g/mol. The van der Waals surface area contributed by atoms with Gasteiger partial charge in [0.15, 0.2) is 0 Å². The molecule has 2 aromatic rings. The van der Waals surface area contributed by atoms with E-state index < -0.39 is 0 Å². The van der Waals surface area contributed by atoms with E-state index in [0.717, 1.165) is 25.2 Å². The van der Waals surface area contributed by atoms with Crippen molar-refractivity contribution in [3.63, 3.8) is 0 Å². The van der Waals surface area contributed by atoms with Gasteiger partial charge in [-0.2, -0.15) is 0 Å². The molecule has 0 saturated carbocycles. The molecule has 0 N–H and O–H groups in total. The van der Waals surface area contributed by atoms with E-state index in [4.69, 9.17) is 4.74 Å². The molecule has 0 amide bonds. The first-order valence-corrected chi connectivity index (χ1v) is 5.52. The highest BCUT2D eigenvalue weighted by molar-refractivity contribution is 5.20. The third-order valence-electron chi connectivity index (χ3n) is 2.37. The third kappa shape index (κ3) is 3.39. The van der Waals surface area contributed by atoms with Crippen molar-refractivity contribution >= 4 is 0 Å². The molecule has 2 rings (SSSR count). The summed E-state index contributed by atoms with van der Waals surface area (Å²) in [6, 6.07) is 14.0. The van der Waals surface area contributed by atoms with Crippen LogP contribution in [0.15, 0.2) is 54.9 Å². The van der Waals surface area contributed by atoms with E-state index in [1.807, 2.05) is 54.9 Å². The van der Waals surface area contributed by atoms with Crippen molar-refractivity contribution in [3.05, 3.63) is 60.4 Å². The molecule has 2 heteroatoms. The number of aryl methyl sites for hydroxylation is 1. The fraction of sp³-hybridized carbons (Fsp3) is 0.214. The Morgan fingerprint density at radius 1 is 0.938 bits per heavy atom. The van der Waals surface area contributed by atoms with Crippen molar-refractivity contribution in [2.45, 2.75) is 12.8 Å². The summed E-state index contributed by atoms with van der Waals surface area (Å²) in [6.45, 7) is 0.756. The van der Waals surface area contributed by atoms with E-state index in [1.165, 1.54) is 5.56 Å². The predicted octanol–water partition coefficient (Wildman–Crippen LogP) is 3.09. The molecular weight excluding hydrogens is 198 g/mol. The van der Waals surface area contributed by atoms with Crippen LogP contribution in [0.4, 0.5) is 0 Å². The Hall–Kier alpha value is -1.83. The zero-order valence-corrected chi connectivity index (χ0v) is 9.17. The summed E-state index contributed by atoms with van der Waals surface area (Å²) in [5.74, 6) is 0.942. The average Bonchev–Trinajstić information content (AvgIpc) is 2.37. The van der Waals surface area contributed by atoms with Crippen molar-refractivity contribution in [3.8, 4) is 5.75 Å². The van der Waals surface area contributed by atoms with Gasteiger partial charge in [0, 0.05) is 12.4 Å². The summed E-state index contributed by atoms with van der Waals surface area (Å²) in [5, 5.41) is 0. The van der Waals surface area contributed by atoms with Crippen LogP contribution >= 0.6 is 0 Å². The Bertz CT molecular complexity index is 358. The Kier molecular flexibility index (Phi) is 3.94. The van der Waals surface area contributed by atoms with Gasteiger partial charge >= 0.3 is 0 Å². The maximum Gasteiger partial charge on any atom is 0.119 e. The van der Waals surface area contributed by atoms with Gasteiger partial charge in [-0.15, -0.1) is 0 Å². The highest BCUT2D eigenvalue weighted by Gasteiger charge is 1.94. The molecule has 1 aromatic heterocycles. The number of ether oxygens (including phenoxy) is 1. The van der Waals surface area contributed by atoms with Crippen LogP contribution in [0.2, 0.25) is 0 Å². The van der Waals surface area contributed by atoms with Gasteiger partial charge in [0.1, 0.15) is 5.75 Å². The molecule has 0 fully saturated rings. The first kappa shape index (κ1) is 10.7. The number of rotatable bonds is 5. The van der Waals surface area contributed by atoms with Crippen LogP contribution in [-0.2, 0) is 6.42 Å². The minimum atomic E-state index is 0.756. The number of nitrogens with zero attached hydrogens (tertiary/aromatic N) is 1. The number of pyridine rings is 1. The summed E-state index contributed by atoms with van der Waals surface area (Å²) < 4.78 is 5.61. The van der Waals surface area contributed by atoms with Crippen LogP contribution in [-0.4, -0.2) is 11.6 Å². The molecule has 0 unspecified atom stereocenters. The smallest absolute Gasteiger partial charge is 0.119 e. The second kappa shape index (κ2) is 5.91. The second-order valence-corrected chi connectivity index (χ2v) is 3.62. The fourth-order valence-electron chi connectivity index (χ4n) is 1.53. The van der Waals surface area contributed by atoms with Gasteiger partial charge in [-0.05, 0) is 42.7 Å². The Morgan fingerprint density at radius 3 is 2.44 bits per heavy atom. The maximum atomic E-state index is 5.61. The van der Waals surface area contributed by atoms with E-state index >= 15 is 0 Å².